The number of nitrogens with zero attached hydrogens (tertiary/aromatic N) is 2. The standard InChI is InChI=1S/C19H27F3N4O3.HI/c1-26(2)17(27)11-25-18(24-10-15-7-8-28-12-15)23-9-14-3-5-16(6-4-14)29-13-19(20,21)22;/h3-6,15H,7-13H2,1-2H3,(H2,23,24,25);1H. The molecule has 1 amide bonds. The average Bonchev–Trinajstić information content (AvgIpc) is 3.19. The molecule has 170 valence electrons. The molecule has 2 N–H and O–H groups in total. The van der Waals surface area contributed by atoms with Crippen LogP contribution in [0.5, 0.6) is 5.75 Å². The summed E-state index contributed by atoms with van der Waals surface area (Å²) in [5.41, 5.74) is 0.800. The number of alkyl halides is 3. The molecule has 7 nitrogen and oxygen atoms in total. The third kappa shape index (κ3) is 10.3. The van der Waals surface area contributed by atoms with E-state index in [1.165, 1.54) is 17.0 Å². The number of rotatable bonds is 8. The van der Waals surface area contributed by atoms with E-state index in [-0.39, 0.29) is 42.2 Å². The number of benzene rings is 1. The second kappa shape index (κ2) is 12.8. The maximum Gasteiger partial charge on any atom is 0.422 e. The molecular formula is C19H28F3IN4O3. The van der Waals surface area contributed by atoms with Crippen molar-refractivity contribution in [2.75, 3.05) is 47.0 Å². The van der Waals surface area contributed by atoms with Gasteiger partial charge in [0.2, 0.25) is 5.91 Å². The van der Waals surface area contributed by atoms with Gasteiger partial charge in [0.15, 0.2) is 12.6 Å². The van der Waals surface area contributed by atoms with Crippen molar-refractivity contribution >= 4 is 35.8 Å². The van der Waals surface area contributed by atoms with E-state index in [4.69, 9.17) is 9.47 Å². The van der Waals surface area contributed by atoms with Crippen LogP contribution in [0.15, 0.2) is 29.3 Å². The van der Waals surface area contributed by atoms with Gasteiger partial charge in [-0.2, -0.15) is 13.2 Å². The minimum Gasteiger partial charge on any atom is -0.484 e. The summed E-state index contributed by atoms with van der Waals surface area (Å²) in [6.45, 7) is 1.18. The highest BCUT2D eigenvalue weighted by atomic mass is 127. The van der Waals surface area contributed by atoms with Gasteiger partial charge in [-0.05, 0) is 24.1 Å². The predicted molar refractivity (Wildman–Crippen MR) is 118 cm³/mol. The molecule has 1 aliphatic rings. The van der Waals surface area contributed by atoms with Crippen LogP contribution in [-0.2, 0) is 16.1 Å². The van der Waals surface area contributed by atoms with Crippen molar-refractivity contribution in [2.45, 2.75) is 19.1 Å². The Balaban J connectivity index is 0.00000450. The minimum atomic E-state index is -4.37. The van der Waals surface area contributed by atoms with E-state index in [0.29, 0.717) is 31.6 Å². The number of likely N-dealkylation sites (N-methyl/N-ethyl adjacent to an activating group) is 1. The first-order valence-electron chi connectivity index (χ1n) is 9.31. The summed E-state index contributed by atoms with van der Waals surface area (Å²) in [6, 6.07) is 6.26. The van der Waals surface area contributed by atoms with Crippen molar-refractivity contribution in [3.05, 3.63) is 29.8 Å². The maximum atomic E-state index is 12.2. The quantitative estimate of drug-likeness (QED) is 0.299. The van der Waals surface area contributed by atoms with Crippen molar-refractivity contribution in [2.24, 2.45) is 10.9 Å². The molecule has 1 atom stereocenters. The summed E-state index contributed by atoms with van der Waals surface area (Å²) < 4.78 is 46.7. The van der Waals surface area contributed by atoms with Crippen LogP contribution in [0.3, 0.4) is 0 Å². The van der Waals surface area contributed by atoms with Gasteiger partial charge in [0.1, 0.15) is 5.75 Å². The highest BCUT2D eigenvalue weighted by molar-refractivity contribution is 14.0. The fraction of sp³-hybridized carbons (Fsp3) is 0.579. The number of guanidine groups is 1. The maximum absolute atomic E-state index is 12.2. The van der Waals surface area contributed by atoms with Gasteiger partial charge < -0.3 is 25.0 Å². The summed E-state index contributed by atoms with van der Waals surface area (Å²) in [5, 5.41) is 6.21. The smallest absolute Gasteiger partial charge is 0.422 e. The molecule has 0 aliphatic carbocycles. The Kier molecular flexibility index (Phi) is 11.2. The number of halogens is 4. The summed E-state index contributed by atoms with van der Waals surface area (Å²) in [6.07, 6.45) is -3.40. The molecule has 11 heteroatoms. The normalized spacial score (nSPS) is 16.6. The van der Waals surface area contributed by atoms with Crippen LogP contribution in [0.1, 0.15) is 12.0 Å². The summed E-state index contributed by atoms with van der Waals surface area (Å²) in [5.74, 6) is 0.931. The third-order valence-corrected chi connectivity index (χ3v) is 4.23. The molecule has 1 saturated heterocycles. The molecule has 0 bridgehead atoms. The molecule has 1 unspecified atom stereocenters. The topological polar surface area (TPSA) is 75.2 Å². The summed E-state index contributed by atoms with van der Waals surface area (Å²) in [7, 11) is 3.35. The van der Waals surface area contributed by atoms with E-state index < -0.39 is 12.8 Å². The monoisotopic (exact) mass is 544 g/mol. The molecule has 0 aromatic heterocycles. The van der Waals surface area contributed by atoms with Crippen LogP contribution >= 0.6 is 24.0 Å². The lowest BCUT2D eigenvalue weighted by Crippen LogP contribution is -2.44. The molecular weight excluding hydrogens is 516 g/mol. The Morgan fingerprint density at radius 3 is 2.53 bits per heavy atom. The molecule has 1 aromatic rings. The van der Waals surface area contributed by atoms with Crippen LogP contribution in [0.2, 0.25) is 0 Å². The first kappa shape index (κ1) is 26.3. The Morgan fingerprint density at radius 1 is 1.27 bits per heavy atom. The number of aliphatic imine (C=N–C) groups is 1. The van der Waals surface area contributed by atoms with Crippen LogP contribution in [0.25, 0.3) is 0 Å². The van der Waals surface area contributed by atoms with Crippen LogP contribution in [0.4, 0.5) is 13.2 Å². The van der Waals surface area contributed by atoms with Gasteiger partial charge in [0.25, 0.3) is 0 Å². The minimum absolute atomic E-state index is 0. The second-order valence-corrected chi connectivity index (χ2v) is 6.96. The van der Waals surface area contributed by atoms with Crippen molar-refractivity contribution in [1.82, 2.24) is 15.5 Å². The second-order valence-electron chi connectivity index (χ2n) is 6.96. The van der Waals surface area contributed by atoms with Crippen molar-refractivity contribution < 1.29 is 27.4 Å². The van der Waals surface area contributed by atoms with Gasteiger partial charge in [0, 0.05) is 33.2 Å². The van der Waals surface area contributed by atoms with Gasteiger partial charge in [-0.3, -0.25) is 4.79 Å². The molecule has 1 aliphatic heterocycles. The zero-order valence-corrected chi connectivity index (χ0v) is 19.3. The molecule has 0 radical (unpaired) electrons. The lowest BCUT2D eigenvalue weighted by atomic mass is 10.1. The molecule has 30 heavy (non-hydrogen) atoms. The van der Waals surface area contributed by atoms with E-state index in [1.54, 1.807) is 26.2 Å². The van der Waals surface area contributed by atoms with Gasteiger partial charge >= 0.3 is 6.18 Å². The lowest BCUT2D eigenvalue weighted by molar-refractivity contribution is -0.153. The van der Waals surface area contributed by atoms with Crippen LogP contribution in [-0.4, -0.2) is 69.9 Å². The van der Waals surface area contributed by atoms with Crippen molar-refractivity contribution in [3.63, 3.8) is 0 Å². The van der Waals surface area contributed by atoms with E-state index in [1.807, 2.05) is 0 Å². The highest BCUT2D eigenvalue weighted by Gasteiger charge is 2.28. The van der Waals surface area contributed by atoms with Crippen LogP contribution in [0, 0.1) is 5.92 Å². The molecule has 0 spiro atoms. The number of ether oxygens (including phenoxy) is 2. The van der Waals surface area contributed by atoms with Gasteiger partial charge in [-0.1, -0.05) is 12.1 Å². The fourth-order valence-electron chi connectivity index (χ4n) is 2.50. The number of amides is 1. The van der Waals surface area contributed by atoms with Gasteiger partial charge in [0.05, 0.1) is 19.7 Å². The number of hydrogen-bond acceptors (Lipinski definition) is 4. The largest absolute Gasteiger partial charge is 0.484 e. The number of nitrogens with one attached hydrogen (secondary N) is 2. The molecule has 2 rings (SSSR count). The SMILES string of the molecule is CN(C)C(=O)CNC(=NCc1ccc(OCC(F)(F)F)cc1)NCC1CCOC1.I. The average molecular weight is 544 g/mol. The Hall–Kier alpha value is -1.76. The van der Waals surface area contributed by atoms with E-state index in [9.17, 15) is 18.0 Å². The zero-order chi connectivity index (χ0) is 21.3. The predicted octanol–water partition coefficient (Wildman–Crippen LogP) is 2.41. The van der Waals surface area contributed by atoms with E-state index in [0.717, 1.165) is 18.6 Å². The lowest BCUT2D eigenvalue weighted by Gasteiger charge is -2.16. The van der Waals surface area contributed by atoms with Gasteiger partial charge in [-0.15, -0.1) is 24.0 Å². The van der Waals surface area contributed by atoms with Crippen molar-refractivity contribution in [1.29, 1.82) is 0 Å². The number of carbonyl (C=O) groups excluding carboxylic acids is 1. The van der Waals surface area contributed by atoms with Gasteiger partial charge in [-0.25, -0.2) is 4.99 Å². The zero-order valence-electron chi connectivity index (χ0n) is 17.0. The van der Waals surface area contributed by atoms with Crippen LogP contribution < -0.4 is 15.4 Å². The Labute approximate surface area is 191 Å². The molecule has 1 fully saturated rings. The highest BCUT2D eigenvalue weighted by Crippen LogP contribution is 2.19. The van der Waals surface area contributed by atoms with E-state index >= 15 is 0 Å². The number of carbonyl (C=O) groups is 1. The number of hydrogen-bond donors (Lipinski definition) is 2. The van der Waals surface area contributed by atoms with Crippen molar-refractivity contribution in [3.8, 4) is 5.75 Å². The Morgan fingerprint density at radius 2 is 1.97 bits per heavy atom. The Bertz CT molecular complexity index is 679. The molecule has 0 saturated carbocycles. The summed E-state index contributed by atoms with van der Waals surface area (Å²) >= 11 is 0. The molecule has 1 aromatic carbocycles. The first-order valence-corrected chi connectivity index (χ1v) is 9.31. The third-order valence-electron chi connectivity index (χ3n) is 4.23. The first-order chi connectivity index (χ1) is 13.7. The molecule has 1 heterocycles. The van der Waals surface area contributed by atoms with E-state index in [2.05, 4.69) is 15.6 Å². The summed E-state index contributed by atoms with van der Waals surface area (Å²) in [4.78, 5) is 17.8. The fourth-order valence-corrected chi connectivity index (χ4v) is 2.50.